The fourth-order valence-corrected chi connectivity index (χ4v) is 2.56. The molecule has 1 aromatic carbocycles. The van der Waals surface area contributed by atoms with Gasteiger partial charge in [0, 0.05) is 12.0 Å². The number of aromatic nitrogens is 2. The highest BCUT2D eigenvalue weighted by Gasteiger charge is 2.18. The summed E-state index contributed by atoms with van der Waals surface area (Å²) in [7, 11) is 0. The summed E-state index contributed by atoms with van der Waals surface area (Å²) in [4.78, 5) is 0. The first-order chi connectivity index (χ1) is 9.29. The fourth-order valence-electron chi connectivity index (χ4n) is 2.56. The van der Waals surface area contributed by atoms with Crippen LogP contribution in [-0.2, 0) is 4.74 Å². The fraction of sp³-hybridized carbons (Fsp3) is 0.467. The van der Waals surface area contributed by atoms with Gasteiger partial charge in [-0.2, -0.15) is 10.4 Å². The molecule has 0 N–H and O–H groups in total. The lowest BCUT2D eigenvalue weighted by atomic mass is 10.0. The Kier molecular flexibility index (Phi) is 3.22. The molecule has 2 unspecified atom stereocenters. The van der Waals surface area contributed by atoms with E-state index in [4.69, 9.17) is 10.00 Å². The van der Waals surface area contributed by atoms with Crippen LogP contribution in [0, 0.1) is 11.3 Å². The highest BCUT2D eigenvalue weighted by atomic mass is 16.5. The summed E-state index contributed by atoms with van der Waals surface area (Å²) >= 11 is 0. The van der Waals surface area contributed by atoms with Gasteiger partial charge in [0.15, 0.2) is 6.23 Å². The van der Waals surface area contributed by atoms with Crippen LogP contribution < -0.4 is 0 Å². The molecule has 3 rings (SSSR count). The summed E-state index contributed by atoms with van der Waals surface area (Å²) in [6, 6.07) is 8.37. The maximum Gasteiger partial charge on any atom is 0.150 e. The SMILES string of the molecule is CC(C#N)c1ccc2c(cnn2C2CCCCO2)c1. The van der Waals surface area contributed by atoms with Crippen molar-refractivity contribution >= 4 is 10.9 Å². The lowest BCUT2D eigenvalue weighted by Gasteiger charge is -2.23. The minimum atomic E-state index is -0.0846. The largest absolute Gasteiger partial charge is 0.356 e. The van der Waals surface area contributed by atoms with Gasteiger partial charge in [-0.1, -0.05) is 6.07 Å². The molecular formula is C15H17N3O. The van der Waals surface area contributed by atoms with Gasteiger partial charge in [0.1, 0.15) is 0 Å². The predicted octanol–water partition coefficient (Wildman–Crippen LogP) is 3.36. The van der Waals surface area contributed by atoms with Crippen LogP contribution in [0.4, 0.5) is 0 Å². The smallest absolute Gasteiger partial charge is 0.150 e. The van der Waals surface area contributed by atoms with Gasteiger partial charge in [-0.3, -0.25) is 0 Å². The summed E-state index contributed by atoms with van der Waals surface area (Å²) in [5.74, 6) is -0.0846. The Morgan fingerprint density at radius 1 is 1.47 bits per heavy atom. The number of benzene rings is 1. The Morgan fingerprint density at radius 3 is 3.11 bits per heavy atom. The van der Waals surface area contributed by atoms with Crippen LogP contribution in [-0.4, -0.2) is 16.4 Å². The van der Waals surface area contributed by atoms with E-state index in [0.717, 1.165) is 35.9 Å². The third-order valence-corrected chi connectivity index (χ3v) is 3.74. The number of fused-ring (bicyclic) bond motifs is 1. The topological polar surface area (TPSA) is 50.8 Å². The number of ether oxygens (including phenoxy) is 1. The summed E-state index contributed by atoms with van der Waals surface area (Å²) in [5, 5.41) is 14.5. The van der Waals surface area contributed by atoms with E-state index in [2.05, 4.69) is 17.2 Å². The zero-order valence-electron chi connectivity index (χ0n) is 11.0. The van der Waals surface area contributed by atoms with Crippen LogP contribution in [0.25, 0.3) is 10.9 Å². The zero-order valence-corrected chi connectivity index (χ0v) is 11.0. The van der Waals surface area contributed by atoms with E-state index < -0.39 is 0 Å². The molecule has 2 aromatic rings. The monoisotopic (exact) mass is 255 g/mol. The molecule has 0 radical (unpaired) electrons. The lowest BCUT2D eigenvalue weighted by molar-refractivity contribution is -0.0366. The number of nitriles is 1. The van der Waals surface area contributed by atoms with Crippen molar-refractivity contribution < 1.29 is 4.74 Å². The van der Waals surface area contributed by atoms with Crippen molar-refractivity contribution in [1.29, 1.82) is 5.26 Å². The summed E-state index contributed by atoms with van der Waals surface area (Å²) in [5.41, 5.74) is 2.12. The van der Waals surface area contributed by atoms with Crippen molar-refractivity contribution in [3.63, 3.8) is 0 Å². The Bertz CT molecular complexity index is 620. The average Bonchev–Trinajstić information content (AvgIpc) is 2.90. The molecule has 0 saturated carbocycles. The Balaban J connectivity index is 1.97. The third kappa shape index (κ3) is 2.22. The quantitative estimate of drug-likeness (QED) is 0.826. The van der Waals surface area contributed by atoms with E-state index in [1.807, 2.05) is 29.9 Å². The molecular weight excluding hydrogens is 238 g/mol. The number of rotatable bonds is 2. The van der Waals surface area contributed by atoms with E-state index in [-0.39, 0.29) is 12.1 Å². The molecule has 0 aliphatic carbocycles. The van der Waals surface area contributed by atoms with Crippen molar-refractivity contribution in [2.24, 2.45) is 0 Å². The van der Waals surface area contributed by atoms with Crippen LogP contribution in [0.15, 0.2) is 24.4 Å². The van der Waals surface area contributed by atoms with Crippen LogP contribution in [0.3, 0.4) is 0 Å². The molecule has 1 saturated heterocycles. The first-order valence-electron chi connectivity index (χ1n) is 6.78. The first-order valence-corrected chi connectivity index (χ1v) is 6.78. The Morgan fingerprint density at radius 2 is 2.37 bits per heavy atom. The molecule has 0 amide bonds. The number of nitrogens with zero attached hydrogens (tertiary/aromatic N) is 3. The third-order valence-electron chi connectivity index (χ3n) is 3.74. The van der Waals surface area contributed by atoms with Gasteiger partial charge in [0.2, 0.25) is 0 Å². The maximum absolute atomic E-state index is 8.98. The van der Waals surface area contributed by atoms with Crippen LogP contribution in [0.5, 0.6) is 0 Å². The molecule has 2 atom stereocenters. The van der Waals surface area contributed by atoms with Gasteiger partial charge in [0.25, 0.3) is 0 Å². The van der Waals surface area contributed by atoms with Crippen molar-refractivity contribution in [1.82, 2.24) is 9.78 Å². The minimum Gasteiger partial charge on any atom is -0.356 e. The normalized spacial score (nSPS) is 21.2. The molecule has 4 heteroatoms. The van der Waals surface area contributed by atoms with Gasteiger partial charge in [-0.25, -0.2) is 4.68 Å². The summed E-state index contributed by atoms with van der Waals surface area (Å²) in [6.45, 7) is 2.73. The predicted molar refractivity (Wildman–Crippen MR) is 72.6 cm³/mol. The second kappa shape index (κ2) is 5.02. The van der Waals surface area contributed by atoms with Crippen LogP contribution in [0.1, 0.15) is 43.9 Å². The molecule has 1 aromatic heterocycles. The number of hydrogen-bond acceptors (Lipinski definition) is 3. The maximum atomic E-state index is 8.98. The molecule has 4 nitrogen and oxygen atoms in total. The van der Waals surface area contributed by atoms with Crippen molar-refractivity contribution in [3.05, 3.63) is 30.0 Å². The molecule has 98 valence electrons. The van der Waals surface area contributed by atoms with Gasteiger partial charge >= 0.3 is 0 Å². The standard InChI is InChI=1S/C15H17N3O/c1-11(9-16)12-5-6-14-13(8-12)10-17-18(14)15-4-2-3-7-19-15/h5-6,8,10-11,15H,2-4,7H2,1H3. The molecule has 1 aliphatic heterocycles. The van der Waals surface area contributed by atoms with Crippen molar-refractivity contribution in [2.75, 3.05) is 6.61 Å². The van der Waals surface area contributed by atoms with Crippen LogP contribution >= 0.6 is 0 Å². The first kappa shape index (κ1) is 12.2. The van der Waals surface area contributed by atoms with E-state index >= 15 is 0 Å². The lowest BCUT2D eigenvalue weighted by Crippen LogP contribution is -2.18. The number of hydrogen-bond donors (Lipinski definition) is 0. The molecule has 0 spiro atoms. The van der Waals surface area contributed by atoms with Gasteiger partial charge in [-0.15, -0.1) is 0 Å². The second-order valence-electron chi connectivity index (χ2n) is 5.08. The van der Waals surface area contributed by atoms with Gasteiger partial charge in [-0.05, 0) is 43.9 Å². The van der Waals surface area contributed by atoms with Gasteiger partial charge in [0.05, 0.1) is 23.7 Å². The summed E-state index contributed by atoms with van der Waals surface area (Å²) in [6.07, 6.45) is 5.27. The highest BCUT2D eigenvalue weighted by molar-refractivity contribution is 5.79. The van der Waals surface area contributed by atoms with E-state index in [0.29, 0.717) is 0 Å². The molecule has 1 fully saturated rings. The second-order valence-corrected chi connectivity index (χ2v) is 5.08. The van der Waals surface area contributed by atoms with Gasteiger partial charge < -0.3 is 4.74 Å². The Labute approximate surface area is 112 Å². The average molecular weight is 255 g/mol. The van der Waals surface area contributed by atoms with E-state index in [9.17, 15) is 0 Å². The molecule has 1 aliphatic rings. The minimum absolute atomic E-state index is 0.0606. The Hall–Kier alpha value is -1.86. The molecule has 19 heavy (non-hydrogen) atoms. The molecule has 2 heterocycles. The summed E-state index contributed by atoms with van der Waals surface area (Å²) < 4.78 is 7.74. The zero-order chi connectivity index (χ0) is 13.2. The highest BCUT2D eigenvalue weighted by Crippen LogP contribution is 2.27. The molecule has 0 bridgehead atoms. The van der Waals surface area contributed by atoms with Crippen molar-refractivity contribution in [2.45, 2.75) is 38.3 Å². The van der Waals surface area contributed by atoms with Crippen molar-refractivity contribution in [3.8, 4) is 6.07 Å². The van der Waals surface area contributed by atoms with Crippen LogP contribution in [0.2, 0.25) is 0 Å². The van der Waals surface area contributed by atoms with E-state index in [1.54, 1.807) is 0 Å². The van der Waals surface area contributed by atoms with E-state index in [1.165, 1.54) is 6.42 Å².